The molecule has 7 nitrogen and oxygen atoms in total. The van der Waals surface area contributed by atoms with Crippen molar-refractivity contribution in [3.8, 4) is 17.2 Å². The standard InChI is InChI=1S/C29H26F3NO6/c1-4-37-20-12-13-22(23(16-20)38-5-2)26(34)24-25(18-9-6-8-17(3)14-18)33(28(36)27(24)35)19-10-7-11-21(15-19)39-29(30,31)32/h6-16,25,34H,4-5H2,1-3H3/b26-24-. The lowest BCUT2D eigenvalue weighted by Gasteiger charge is -2.26. The lowest BCUT2D eigenvalue weighted by molar-refractivity contribution is -0.274. The van der Waals surface area contributed by atoms with Gasteiger partial charge in [0.2, 0.25) is 0 Å². The topological polar surface area (TPSA) is 85.3 Å². The lowest BCUT2D eigenvalue weighted by Crippen LogP contribution is -2.29. The smallest absolute Gasteiger partial charge is 0.507 e. The molecular weight excluding hydrogens is 515 g/mol. The number of hydrogen-bond donors (Lipinski definition) is 1. The van der Waals surface area contributed by atoms with Crippen LogP contribution in [0.25, 0.3) is 5.76 Å². The zero-order chi connectivity index (χ0) is 28.3. The SMILES string of the molecule is CCOc1ccc(/C(O)=C2/C(=O)C(=O)N(c3cccc(OC(F)(F)F)c3)C2c2cccc(C)c2)c(OCC)c1. The molecule has 3 aromatic carbocycles. The van der Waals surface area contributed by atoms with Crippen molar-refractivity contribution in [3.63, 3.8) is 0 Å². The van der Waals surface area contributed by atoms with E-state index in [9.17, 15) is 27.9 Å². The van der Waals surface area contributed by atoms with E-state index in [1.807, 2.05) is 19.9 Å². The number of ether oxygens (including phenoxy) is 3. The number of hydrogen-bond acceptors (Lipinski definition) is 6. The second kappa shape index (κ2) is 11.1. The van der Waals surface area contributed by atoms with Gasteiger partial charge in [-0.3, -0.25) is 14.5 Å². The lowest BCUT2D eigenvalue weighted by atomic mass is 9.94. The molecule has 1 amide bonds. The molecule has 204 valence electrons. The third kappa shape index (κ3) is 5.84. The number of amides is 1. The first-order chi connectivity index (χ1) is 18.5. The van der Waals surface area contributed by atoms with Crippen LogP contribution in [0, 0.1) is 6.92 Å². The van der Waals surface area contributed by atoms with Gasteiger partial charge >= 0.3 is 6.36 Å². The molecular formula is C29H26F3NO6. The molecule has 1 aliphatic rings. The molecule has 3 aromatic rings. The van der Waals surface area contributed by atoms with Crippen LogP contribution in [-0.2, 0) is 9.59 Å². The maximum Gasteiger partial charge on any atom is 0.573 e. The van der Waals surface area contributed by atoms with Crippen LogP contribution in [0.15, 0.2) is 72.3 Å². The Hall–Kier alpha value is -4.47. The molecule has 0 spiro atoms. The maximum atomic E-state index is 13.4. The minimum atomic E-state index is -4.95. The Morgan fingerprint density at radius 1 is 0.923 bits per heavy atom. The van der Waals surface area contributed by atoms with Gasteiger partial charge in [0.05, 0.1) is 30.4 Å². The predicted octanol–water partition coefficient (Wildman–Crippen LogP) is 6.32. The highest BCUT2D eigenvalue weighted by atomic mass is 19.4. The number of rotatable bonds is 8. The van der Waals surface area contributed by atoms with Crippen LogP contribution in [-0.4, -0.2) is 36.4 Å². The van der Waals surface area contributed by atoms with Crippen molar-refractivity contribution in [2.45, 2.75) is 33.2 Å². The van der Waals surface area contributed by atoms with Gasteiger partial charge in [-0.1, -0.05) is 35.9 Å². The molecule has 0 radical (unpaired) electrons. The Morgan fingerprint density at radius 2 is 1.64 bits per heavy atom. The van der Waals surface area contributed by atoms with Crippen LogP contribution in [0.1, 0.15) is 36.6 Å². The summed E-state index contributed by atoms with van der Waals surface area (Å²) in [6.45, 7) is 6.02. The second-order valence-electron chi connectivity index (χ2n) is 8.65. The van der Waals surface area contributed by atoms with Crippen molar-refractivity contribution in [1.29, 1.82) is 0 Å². The number of benzene rings is 3. The minimum Gasteiger partial charge on any atom is -0.507 e. The van der Waals surface area contributed by atoms with E-state index in [1.54, 1.807) is 37.3 Å². The Morgan fingerprint density at radius 3 is 2.31 bits per heavy atom. The molecule has 10 heteroatoms. The average Bonchev–Trinajstić information content (AvgIpc) is 3.14. The number of aliphatic hydroxyl groups excluding tert-OH is 1. The number of aliphatic hydroxyl groups is 1. The van der Waals surface area contributed by atoms with E-state index in [0.717, 1.165) is 22.6 Å². The van der Waals surface area contributed by atoms with E-state index < -0.39 is 35.6 Å². The summed E-state index contributed by atoms with van der Waals surface area (Å²) in [7, 11) is 0. The van der Waals surface area contributed by atoms with E-state index in [4.69, 9.17) is 9.47 Å². The molecule has 1 fully saturated rings. The highest BCUT2D eigenvalue weighted by molar-refractivity contribution is 6.51. The number of anilines is 1. The number of carbonyl (C=O) groups excluding carboxylic acids is 2. The van der Waals surface area contributed by atoms with E-state index >= 15 is 0 Å². The van der Waals surface area contributed by atoms with Gasteiger partial charge in [0.1, 0.15) is 23.0 Å². The van der Waals surface area contributed by atoms with Gasteiger partial charge in [0.15, 0.2) is 0 Å². The minimum absolute atomic E-state index is 0.0128. The molecule has 0 aromatic heterocycles. The van der Waals surface area contributed by atoms with Crippen molar-refractivity contribution >= 4 is 23.1 Å². The van der Waals surface area contributed by atoms with Crippen molar-refractivity contribution in [2.24, 2.45) is 0 Å². The predicted molar refractivity (Wildman–Crippen MR) is 138 cm³/mol. The third-order valence-corrected chi connectivity index (χ3v) is 5.95. The number of alkyl halides is 3. The fourth-order valence-corrected chi connectivity index (χ4v) is 4.46. The number of halogens is 3. The van der Waals surface area contributed by atoms with Gasteiger partial charge in [-0.25, -0.2) is 0 Å². The quantitative estimate of drug-likeness (QED) is 0.204. The second-order valence-corrected chi connectivity index (χ2v) is 8.65. The fraction of sp³-hybridized carbons (Fsp3) is 0.241. The van der Waals surface area contributed by atoms with E-state index in [0.29, 0.717) is 17.9 Å². The summed E-state index contributed by atoms with van der Waals surface area (Å²) in [6.07, 6.45) is -4.95. The van der Waals surface area contributed by atoms with Gasteiger partial charge in [0, 0.05) is 17.8 Å². The molecule has 1 unspecified atom stereocenters. The molecule has 39 heavy (non-hydrogen) atoms. The highest BCUT2D eigenvalue weighted by Crippen LogP contribution is 2.44. The summed E-state index contributed by atoms with van der Waals surface area (Å²) in [6, 6.07) is 15.2. The number of nitrogens with zero attached hydrogens (tertiary/aromatic N) is 1. The van der Waals surface area contributed by atoms with Crippen LogP contribution in [0.3, 0.4) is 0 Å². The van der Waals surface area contributed by atoms with Gasteiger partial charge in [-0.05, 0) is 50.6 Å². The first kappa shape index (κ1) is 27.6. The summed E-state index contributed by atoms with van der Waals surface area (Å²) in [5, 5.41) is 11.5. The van der Waals surface area contributed by atoms with Gasteiger partial charge in [-0.2, -0.15) is 0 Å². The molecule has 1 heterocycles. The Balaban J connectivity index is 1.92. The van der Waals surface area contributed by atoms with Crippen LogP contribution >= 0.6 is 0 Å². The Labute approximate surface area is 223 Å². The number of ketones is 1. The molecule has 0 aliphatic carbocycles. The highest BCUT2D eigenvalue weighted by Gasteiger charge is 2.47. The van der Waals surface area contributed by atoms with Crippen molar-refractivity contribution in [1.82, 2.24) is 0 Å². The first-order valence-corrected chi connectivity index (χ1v) is 12.2. The van der Waals surface area contributed by atoms with E-state index in [1.165, 1.54) is 18.2 Å². The average molecular weight is 542 g/mol. The molecule has 0 saturated carbocycles. The number of carbonyl (C=O) groups is 2. The van der Waals surface area contributed by atoms with E-state index in [2.05, 4.69) is 4.74 Å². The normalized spacial score (nSPS) is 16.9. The molecule has 1 aliphatic heterocycles. The zero-order valence-corrected chi connectivity index (χ0v) is 21.4. The van der Waals surface area contributed by atoms with Crippen molar-refractivity contribution in [3.05, 3.63) is 89.0 Å². The Kier molecular flexibility index (Phi) is 7.85. The van der Waals surface area contributed by atoms with Gasteiger partial charge < -0.3 is 19.3 Å². The third-order valence-electron chi connectivity index (χ3n) is 5.95. The monoisotopic (exact) mass is 541 g/mol. The van der Waals surface area contributed by atoms with Crippen molar-refractivity contribution < 1.29 is 42.1 Å². The van der Waals surface area contributed by atoms with Gasteiger partial charge in [0.25, 0.3) is 11.7 Å². The van der Waals surface area contributed by atoms with Crippen LogP contribution in [0.4, 0.5) is 18.9 Å². The summed E-state index contributed by atoms with van der Waals surface area (Å²) in [5.41, 5.74) is 1.19. The Bertz CT molecular complexity index is 1430. The van der Waals surface area contributed by atoms with E-state index in [-0.39, 0.29) is 29.2 Å². The molecule has 1 saturated heterocycles. The molecule has 4 rings (SSSR count). The molecule has 1 atom stereocenters. The maximum absolute atomic E-state index is 13.4. The van der Waals surface area contributed by atoms with Crippen LogP contribution < -0.4 is 19.1 Å². The van der Waals surface area contributed by atoms with Crippen LogP contribution in [0.5, 0.6) is 17.2 Å². The molecule has 1 N–H and O–H groups in total. The molecule has 0 bridgehead atoms. The summed E-state index contributed by atoms with van der Waals surface area (Å²) < 4.78 is 53.9. The summed E-state index contributed by atoms with van der Waals surface area (Å²) in [4.78, 5) is 27.9. The van der Waals surface area contributed by atoms with Crippen molar-refractivity contribution in [2.75, 3.05) is 18.1 Å². The zero-order valence-electron chi connectivity index (χ0n) is 21.4. The summed E-state index contributed by atoms with van der Waals surface area (Å²) in [5.74, 6) is -2.36. The number of aryl methyl sites for hydroxylation is 1. The van der Waals surface area contributed by atoms with Crippen LogP contribution in [0.2, 0.25) is 0 Å². The summed E-state index contributed by atoms with van der Waals surface area (Å²) >= 11 is 0. The fourth-order valence-electron chi connectivity index (χ4n) is 4.46. The van der Waals surface area contributed by atoms with Gasteiger partial charge in [-0.15, -0.1) is 13.2 Å². The number of Topliss-reactive ketones (excluding diaryl/α,β-unsaturated/α-hetero) is 1. The first-order valence-electron chi connectivity index (χ1n) is 12.2. The largest absolute Gasteiger partial charge is 0.573 e.